The Hall–Kier alpha value is -1.97. The molecule has 4 heteroatoms. The molecule has 0 aromatic heterocycles. The summed E-state index contributed by atoms with van der Waals surface area (Å²) >= 11 is 0. The molecular weight excluding hydrogens is 253 g/mol. The van der Waals surface area contributed by atoms with Crippen LogP contribution in [-0.4, -0.2) is 0 Å². The smallest absolute Gasteiger partial charge is 0.420 e. The van der Waals surface area contributed by atoms with Crippen LogP contribution in [0.5, 0.6) is 11.5 Å². The van der Waals surface area contributed by atoms with Crippen LogP contribution in [0.15, 0.2) is 36.4 Å². The van der Waals surface area contributed by atoms with E-state index in [1.807, 2.05) is 0 Å². The third-order valence-electron chi connectivity index (χ3n) is 2.84. The van der Waals surface area contributed by atoms with Crippen molar-refractivity contribution < 1.29 is 17.9 Å². The summed E-state index contributed by atoms with van der Waals surface area (Å²) in [5.74, 6) is 0.189. The minimum absolute atomic E-state index is 0.182. The molecule has 0 heterocycles. The summed E-state index contributed by atoms with van der Waals surface area (Å²) in [6.45, 7) is 3.33. The lowest BCUT2D eigenvalue weighted by atomic mass is 10.0. The van der Waals surface area contributed by atoms with Gasteiger partial charge in [0.2, 0.25) is 0 Å². The van der Waals surface area contributed by atoms with E-state index in [0.717, 1.165) is 0 Å². The summed E-state index contributed by atoms with van der Waals surface area (Å²) in [5, 5.41) is 0. The molecule has 0 aliphatic heterocycles. The Balaban J connectivity index is 2.51. The fourth-order valence-corrected chi connectivity index (χ4v) is 1.67. The van der Waals surface area contributed by atoms with Crippen LogP contribution >= 0.6 is 0 Å². The van der Waals surface area contributed by atoms with E-state index < -0.39 is 11.7 Å². The van der Waals surface area contributed by atoms with Gasteiger partial charge >= 0.3 is 6.18 Å². The van der Waals surface area contributed by atoms with Crippen molar-refractivity contribution in [2.45, 2.75) is 20.0 Å². The molecule has 0 fully saturated rings. The highest BCUT2D eigenvalue weighted by Crippen LogP contribution is 2.40. The van der Waals surface area contributed by atoms with Gasteiger partial charge in [-0.15, -0.1) is 0 Å². The van der Waals surface area contributed by atoms with Crippen molar-refractivity contribution in [1.82, 2.24) is 0 Å². The molecule has 1 nitrogen and oxygen atoms in total. The molecule has 99 valence electrons. The number of rotatable bonds is 2. The molecule has 1 radical (unpaired) electrons. The minimum atomic E-state index is -4.48. The highest BCUT2D eigenvalue weighted by Gasteiger charge is 2.35. The van der Waals surface area contributed by atoms with E-state index in [1.165, 1.54) is 6.07 Å². The van der Waals surface area contributed by atoms with E-state index >= 15 is 0 Å². The van der Waals surface area contributed by atoms with Crippen molar-refractivity contribution in [3.8, 4) is 11.5 Å². The average molecular weight is 265 g/mol. The first-order valence-electron chi connectivity index (χ1n) is 5.71. The van der Waals surface area contributed by atoms with Crippen LogP contribution in [0.2, 0.25) is 0 Å². The van der Waals surface area contributed by atoms with Crippen molar-refractivity contribution in [3.63, 3.8) is 0 Å². The Kier molecular flexibility index (Phi) is 3.51. The minimum Gasteiger partial charge on any atom is -0.456 e. The maximum atomic E-state index is 13.0. The third-order valence-corrected chi connectivity index (χ3v) is 2.84. The van der Waals surface area contributed by atoms with Gasteiger partial charge < -0.3 is 4.74 Å². The van der Waals surface area contributed by atoms with E-state index in [2.05, 4.69) is 6.07 Å². The van der Waals surface area contributed by atoms with Gasteiger partial charge in [-0.3, -0.25) is 0 Å². The molecule has 19 heavy (non-hydrogen) atoms. The summed E-state index contributed by atoms with van der Waals surface area (Å²) in [5.41, 5.74) is 0.299. The largest absolute Gasteiger partial charge is 0.456 e. The normalized spacial score (nSPS) is 11.4. The lowest BCUT2D eigenvalue weighted by Crippen LogP contribution is -2.09. The van der Waals surface area contributed by atoms with Gasteiger partial charge in [0.25, 0.3) is 0 Å². The quantitative estimate of drug-likeness (QED) is 0.749. The predicted octanol–water partition coefficient (Wildman–Crippen LogP) is 4.91. The number of hydrogen-bond donors (Lipinski definition) is 0. The van der Waals surface area contributed by atoms with Crippen LogP contribution in [-0.2, 0) is 6.18 Å². The van der Waals surface area contributed by atoms with Crippen LogP contribution in [0.4, 0.5) is 13.2 Å². The Morgan fingerprint density at radius 2 is 1.68 bits per heavy atom. The molecule has 0 N–H and O–H groups in total. The van der Waals surface area contributed by atoms with Gasteiger partial charge in [-0.05, 0) is 43.2 Å². The number of aryl methyl sites for hydroxylation is 1. The zero-order valence-corrected chi connectivity index (χ0v) is 10.5. The molecule has 0 aliphatic rings. The first-order valence-corrected chi connectivity index (χ1v) is 5.71. The van der Waals surface area contributed by atoms with Crippen LogP contribution in [0.1, 0.15) is 16.7 Å². The average Bonchev–Trinajstić information content (AvgIpc) is 2.35. The second-order valence-electron chi connectivity index (χ2n) is 4.21. The monoisotopic (exact) mass is 265 g/mol. The summed E-state index contributed by atoms with van der Waals surface area (Å²) in [6.07, 6.45) is -4.48. The van der Waals surface area contributed by atoms with Gasteiger partial charge in [0, 0.05) is 0 Å². The molecule has 0 saturated heterocycles. The van der Waals surface area contributed by atoms with Crippen LogP contribution in [0, 0.1) is 19.9 Å². The van der Waals surface area contributed by atoms with E-state index in [0.29, 0.717) is 16.9 Å². The highest BCUT2D eigenvalue weighted by atomic mass is 19.4. The van der Waals surface area contributed by atoms with Crippen molar-refractivity contribution >= 4 is 0 Å². The van der Waals surface area contributed by atoms with Crippen LogP contribution in [0.25, 0.3) is 0 Å². The van der Waals surface area contributed by atoms with Gasteiger partial charge in [0.15, 0.2) is 0 Å². The Morgan fingerprint density at radius 1 is 1.05 bits per heavy atom. The SMILES string of the molecule is Cc1c[c]c(C(F)(F)F)c(Oc2ccccc2)c1C. The van der Waals surface area contributed by atoms with Crippen LogP contribution in [0.3, 0.4) is 0 Å². The number of ether oxygens (including phenoxy) is 1. The molecule has 2 aromatic rings. The molecule has 0 aliphatic carbocycles. The standard InChI is InChI=1S/C15H12F3O/c1-10-8-9-13(15(16,17)18)14(11(10)2)19-12-6-4-3-5-7-12/h3-8H,1-2H3. The van der Waals surface area contributed by atoms with E-state index in [-0.39, 0.29) is 5.75 Å². The molecule has 0 saturated carbocycles. The number of halogens is 3. The number of para-hydroxylation sites is 1. The summed E-state index contributed by atoms with van der Waals surface area (Å²) in [7, 11) is 0. The second kappa shape index (κ2) is 4.96. The van der Waals surface area contributed by atoms with Crippen molar-refractivity contribution in [2.75, 3.05) is 0 Å². The second-order valence-corrected chi connectivity index (χ2v) is 4.21. The van der Waals surface area contributed by atoms with Gasteiger partial charge in [0.05, 0.1) is 0 Å². The van der Waals surface area contributed by atoms with Crippen molar-refractivity contribution in [1.29, 1.82) is 0 Å². The zero-order chi connectivity index (χ0) is 14.0. The highest BCUT2D eigenvalue weighted by molar-refractivity contribution is 5.48. The van der Waals surface area contributed by atoms with E-state index in [9.17, 15) is 13.2 Å². The lowest BCUT2D eigenvalue weighted by molar-refractivity contribution is -0.138. The van der Waals surface area contributed by atoms with Gasteiger partial charge in [-0.2, -0.15) is 13.2 Å². The molecule has 0 atom stereocenters. The first kappa shape index (κ1) is 13.5. The Labute approximate surface area is 109 Å². The number of benzene rings is 2. The van der Waals surface area contributed by atoms with E-state index in [4.69, 9.17) is 4.74 Å². The number of alkyl halides is 3. The third kappa shape index (κ3) is 2.89. The van der Waals surface area contributed by atoms with Gasteiger partial charge in [-0.1, -0.05) is 24.3 Å². The van der Waals surface area contributed by atoms with Crippen molar-refractivity contribution in [2.24, 2.45) is 0 Å². The van der Waals surface area contributed by atoms with Crippen LogP contribution < -0.4 is 4.74 Å². The van der Waals surface area contributed by atoms with Gasteiger partial charge in [0.1, 0.15) is 17.1 Å². The Bertz CT molecular complexity index is 574. The van der Waals surface area contributed by atoms with Gasteiger partial charge in [-0.25, -0.2) is 0 Å². The van der Waals surface area contributed by atoms with E-state index in [1.54, 1.807) is 44.2 Å². The zero-order valence-electron chi connectivity index (χ0n) is 10.5. The Morgan fingerprint density at radius 3 is 2.26 bits per heavy atom. The predicted molar refractivity (Wildman–Crippen MR) is 66.3 cm³/mol. The lowest BCUT2D eigenvalue weighted by Gasteiger charge is -2.17. The summed E-state index contributed by atoms with van der Waals surface area (Å²) < 4.78 is 44.3. The fourth-order valence-electron chi connectivity index (χ4n) is 1.67. The maximum Gasteiger partial charge on any atom is 0.420 e. The summed E-state index contributed by atoms with van der Waals surface area (Å²) in [6, 6.07) is 12.0. The maximum absolute atomic E-state index is 13.0. The van der Waals surface area contributed by atoms with Crippen molar-refractivity contribution in [3.05, 3.63) is 59.2 Å². The molecular formula is C15H12F3O. The molecule has 2 rings (SSSR count). The molecule has 0 amide bonds. The number of hydrogen-bond acceptors (Lipinski definition) is 1. The molecule has 0 spiro atoms. The first-order chi connectivity index (χ1) is 8.89. The topological polar surface area (TPSA) is 9.23 Å². The molecule has 0 unspecified atom stereocenters. The summed E-state index contributed by atoms with van der Waals surface area (Å²) in [4.78, 5) is 0. The molecule has 0 bridgehead atoms. The molecule has 2 aromatic carbocycles. The fraction of sp³-hybridized carbons (Fsp3) is 0.200.